The normalized spacial score (nSPS) is 22.6. The number of carbonyl (C=O) groups excluding carboxylic acids is 2. The number of amides is 2. The summed E-state index contributed by atoms with van der Waals surface area (Å²) in [6, 6.07) is 7.83. The Morgan fingerprint density at radius 3 is 2.47 bits per heavy atom. The Kier molecular flexibility index (Phi) is 5.34. The van der Waals surface area contributed by atoms with Crippen molar-refractivity contribution in [2.24, 2.45) is 5.92 Å². The highest BCUT2D eigenvalue weighted by Gasteiger charge is 2.41. The number of hydrogen-bond donors (Lipinski definition) is 1. The molecule has 2 fully saturated rings. The van der Waals surface area contributed by atoms with Crippen LogP contribution >= 0.6 is 0 Å². The fraction of sp³-hybridized carbons (Fsp3) is 0.591. The van der Waals surface area contributed by atoms with E-state index in [2.05, 4.69) is 14.9 Å². The maximum absolute atomic E-state index is 13.2. The number of aromatic amines is 1. The van der Waals surface area contributed by atoms with Crippen LogP contribution in [-0.2, 0) is 9.53 Å². The minimum absolute atomic E-state index is 0.137. The molecule has 2 aromatic rings. The number of anilines is 1. The van der Waals surface area contributed by atoms with Gasteiger partial charge in [0.2, 0.25) is 11.9 Å². The molecule has 30 heavy (non-hydrogen) atoms. The van der Waals surface area contributed by atoms with Crippen molar-refractivity contribution in [3.63, 3.8) is 0 Å². The van der Waals surface area contributed by atoms with Crippen molar-refractivity contribution < 1.29 is 14.3 Å². The number of piperazine rings is 1. The monoisotopic (exact) mass is 413 g/mol. The zero-order chi connectivity index (χ0) is 21.5. The first-order valence-corrected chi connectivity index (χ1v) is 10.7. The number of rotatable bonds is 2. The summed E-state index contributed by atoms with van der Waals surface area (Å²) in [5.41, 5.74) is 1.44. The number of H-pyrrole nitrogens is 1. The molecule has 3 heterocycles. The van der Waals surface area contributed by atoms with Crippen molar-refractivity contribution in [1.82, 2.24) is 19.8 Å². The quantitative estimate of drug-likeness (QED) is 0.819. The second-order valence-electron chi connectivity index (χ2n) is 9.20. The van der Waals surface area contributed by atoms with E-state index in [0.717, 1.165) is 30.1 Å². The summed E-state index contributed by atoms with van der Waals surface area (Å²) >= 11 is 0. The van der Waals surface area contributed by atoms with Gasteiger partial charge in [0.15, 0.2) is 0 Å². The van der Waals surface area contributed by atoms with Crippen molar-refractivity contribution >= 4 is 29.0 Å². The SMILES string of the molecule is C[C@H]1[C@@H](C(=O)N2CCN(c3nc4ccccc4[nH]3)CC2)CCN1C(=O)OC(C)(C)C. The molecule has 0 radical (unpaired) electrons. The average molecular weight is 414 g/mol. The van der Waals surface area contributed by atoms with Gasteiger partial charge in [0, 0.05) is 38.8 Å². The first-order valence-electron chi connectivity index (χ1n) is 10.7. The third kappa shape index (κ3) is 4.08. The zero-order valence-corrected chi connectivity index (χ0v) is 18.2. The van der Waals surface area contributed by atoms with Crippen LogP contribution in [0.2, 0.25) is 0 Å². The summed E-state index contributed by atoms with van der Waals surface area (Å²) < 4.78 is 5.50. The summed E-state index contributed by atoms with van der Waals surface area (Å²) in [5.74, 6) is 0.821. The highest BCUT2D eigenvalue weighted by atomic mass is 16.6. The van der Waals surface area contributed by atoms with Crippen LogP contribution in [0.4, 0.5) is 10.7 Å². The first kappa shape index (κ1) is 20.5. The van der Waals surface area contributed by atoms with E-state index in [1.54, 1.807) is 4.90 Å². The fourth-order valence-electron chi connectivity index (χ4n) is 4.31. The van der Waals surface area contributed by atoms with Crippen LogP contribution in [0.25, 0.3) is 11.0 Å². The van der Waals surface area contributed by atoms with Gasteiger partial charge in [-0.1, -0.05) is 12.1 Å². The van der Waals surface area contributed by atoms with E-state index in [9.17, 15) is 9.59 Å². The van der Waals surface area contributed by atoms with Crippen LogP contribution in [0.1, 0.15) is 34.1 Å². The molecule has 0 bridgehead atoms. The van der Waals surface area contributed by atoms with Crippen LogP contribution in [0.15, 0.2) is 24.3 Å². The molecule has 2 aliphatic heterocycles. The molecular weight excluding hydrogens is 382 g/mol. The van der Waals surface area contributed by atoms with Gasteiger partial charge < -0.3 is 24.4 Å². The maximum Gasteiger partial charge on any atom is 0.410 e. The van der Waals surface area contributed by atoms with Gasteiger partial charge in [0.1, 0.15) is 5.60 Å². The third-order valence-electron chi connectivity index (χ3n) is 5.97. The molecule has 0 saturated carbocycles. The molecule has 0 spiro atoms. The molecule has 0 aliphatic carbocycles. The third-order valence-corrected chi connectivity index (χ3v) is 5.97. The van der Waals surface area contributed by atoms with Crippen molar-refractivity contribution in [2.45, 2.75) is 45.8 Å². The number of aromatic nitrogens is 2. The molecule has 1 aromatic carbocycles. The van der Waals surface area contributed by atoms with Crippen LogP contribution in [-0.4, -0.2) is 76.1 Å². The van der Waals surface area contributed by atoms with Crippen LogP contribution in [0.3, 0.4) is 0 Å². The molecule has 1 N–H and O–H groups in total. The average Bonchev–Trinajstić information content (AvgIpc) is 3.30. The number of nitrogens with one attached hydrogen (secondary N) is 1. The predicted molar refractivity (Wildman–Crippen MR) is 115 cm³/mol. The lowest BCUT2D eigenvalue weighted by atomic mass is 9.99. The summed E-state index contributed by atoms with van der Waals surface area (Å²) in [6.07, 6.45) is 0.350. The topological polar surface area (TPSA) is 81.8 Å². The Morgan fingerprint density at radius 1 is 1.10 bits per heavy atom. The number of imidazole rings is 1. The molecule has 8 nitrogen and oxygen atoms in total. The van der Waals surface area contributed by atoms with Crippen LogP contribution in [0, 0.1) is 5.92 Å². The van der Waals surface area contributed by atoms with Crippen molar-refractivity contribution in [1.29, 1.82) is 0 Å². The van der Waals surface area contributed by atoms with Gasteiger partial charge >= 0.3 is 6.09 Å². The molecule has 2 atom stereocenters. The number of fused-ring (bicyclic) bond motifs is 1. The van der Waals surface area contributed by atoms with E-state index in [1.807, 2.05) is 56.9 Å². The number of para-hydroxylation sites is 2. The second-order valence-corrected chi connectivity index (χ2v) is 9.20. The van der Waals surface area contributed by atoms with E-state index in [4.69, 9.17) is 4.74 Å². The molecular formula is C22H31N5O3. The highest BCUT2D eigenvalue weighted by Crippen LogP contribution is 2.28. The number of ether oxygens (including phenoxy) is 1. The van der Waals surface area contributed by atoms with Gasteiger partial charge in [-0.3, -0.25) is 4.79 Å². The summed E-state index contributed by atoms with van der Waals surface area (Å²) in [4.78, 5) is 39.4. The molecule has 4 rings (SSSR count). The molecule has 1 aromatic heterocycles. The van der Waals surface area contributed by atoms with Crippen molar-refractivity contribution in [2.75, 3.05) is 37.6 Å². The molecule has 2 amide bonds. The van der Waals surface area contributed by atoms with Crippen molar-refractivity contribution in [3.05, 3.63) is 24.3 Å². The molecule has 8 heteroatoms. The fourth-order valence-corrected chi connectivity index (χ4v) is 4.31. The Morgan fingerprint density at radius 2 is 1.80 bits per heavy atom. The predicted octanol–water partition coefficient (Wildman–Crippen LogP) is 2.86. The largest absolute Gasteiger partial charge is 0.444 e. The summed E-state index contributed by atoms with van der Waals surface area (Å²) in [6.45, 7) is 10.9. The standard InChI is InChI=1S/C22H31N5O3/c1-15-16(9-10-27(15)21(29)30-22(2,3)4)19(28)25-11-13-26(14-12-25)20-23-17-7-5-6-8-18(17)24-20/h5-8,15-16H,9-14H2,1-4H3,(H,23,24)/t15-,16-/m0/s1. The Labute approximate surface area is 177 Å². The Balaban J connectivity index is 1.34. The lowest BCUT2D eigenvalue weighted by Gasteiger charge is -2.36. The van der Waals surface area contributed by atoms with E-state index in [0.29, 0.717) is 26.1 Å². The van der Waals surface area contributed by atoms with Gasteiger partial charge in [-0.25, -0.2) is 9.78 Å². The summed E-state index contributed by atoms with van der Waals surface area (Å²) in [5, 5.41) is 0. The molecule has 162 valence electrons. The van der Waals surface area contributed by atoms with Crippen molar-refractivity contribution in [3.8, 4) is 0 Å². The number of carbonyl (C=O) groups is 2. The highest BCUT2D eigenvalue weighted by molar-refractivity contribution is 5.82. The van der Waals surface area contributed by atoms with Gasteiger partial charge in [0.05, 0.1) is 17.0 Å². The lowest BCUT2D eigenvalue weighted by molar-refractivity contribution is -0.136. The van der Waals surface area contributed by atoms with E-state index >= 15 is 0 Å². The molecule has 2 saturated heterocycles. The van der Waals surface area contributed by atoms with Gasteiger partial charge in [-0.05, 0) is 46.2 Å². The number of benzene rings is 1. The van der Waals surface area contributed by atoms with Crippen LogP contribution < -0.4 is 4.90 Å². The minimum Gasteiger partial charge on any atom is -0.444 e. The van der Waals surface area contributed by atoms with Crippen LogP contribution in [0.5, 0.6) is 0 Å². The van der Waals surface area contributed by atoms with E-state index in [-0.39, 0.29) is 24.0 Å². The molecule has 0 unspecified atom stereocenters. The summed E-state index contributed by atoms with van der Waals surface area (Å²) in [7, 11) is 0. The zero-order valence-electron chi connectivity index (χ0n) is 18.2. The Bertz CT molecular complexity index is 893. The lowest BCUT2D eigenvalue weighted by Crippen LogP contribution is -2.52. The second kappa shape index (κ2) is 7.81. The first-order chi connectivity index (χ1) is 14.2. The smallest absolute Gasteiger partial charge is 0.410 e. The minimum atomic E-state index is -0.536. The molecule has 2 aliphatic rings. The number of likely N-dealkylation sites (tertiary alicyclic amines) is 1. The van der Waals surface area contributed by atoms with Gasteiger partial charge in [-0.15, -0.1) is 0 Å². The Hall–Kier alpha value is -2.77. The van der Waals surface area contributed by atoms with E-state index < -0.39 is 5.60 Å². The number of nitrogens with zero attached hydrogens (tertiary/aromatic N) is 4. The maximum atomic E-state index is 13.2. The number of hydrogen-bond acceptors (Lipinski definition) is 5. The van der Waals surface area contributed by atoms with E-state index in [1.165, 1.54) is 0 Å². The van der Waals surface area contributed by atoms with Gasteiger partial charge in [0.25, 0.3) is 0 Å². The van der Waals surface area contributed by atoms with Gasteiger partial charge in [-0.2, -0.15) is 0 Å².